The zero-order valence-electron chi connectivity index (χ0n) is 11.2. The summed E-state index contributed by atoms with van der Waals surface area (Å²) in [5.74, 6) is 1.95. The van der Waals surface area contributed by atoms with Gasteiger partial charge in [0.15, 0.2) is 5.96 Å². The number of hydrogen-bond acceptors (Lipinski definition) is 2. The number of aliphatic imine (C=N–C) groups is 1. The molecule has 0 aliphatic rings. The zero-order valence-corrected chi connectivity index (χ0v) is 14.3. The molecule has 0 aliphatic carbocycles. The molecule has 0 amide bonds. The number of nitrogens with one attached hydrogen (secondary N) is 2. The first-order chi connectivity index (χ1) is 8.27. The molecular formula is C13H22IN3S. The van der Waals surface area contributed by atoms with Gasteiger partial charge >= 0.3 is 0 Å². The number of aryl methyl sites for hydroxylation is 1. The van der Waals surface area contributed by atoms with Gasteiger partial charge in [-0.25, -0.2) is 0 Å². The fraction of sp³-hybridized carbons (Fsp3) is 0.462. The molecule has 18 heavy (non-hydrogen) atoms. The van der Waals surface area contributed by atoms with Crippen molar-refractivity contribution >= 4 is 41.7 Å². The molecule has 1 rings (SSSR count). The number of rotatable bonds is 5. The Morgan fingerprint density at radius 3 is 2.61 bits per heavy atom. The normalized spacial score (nSPS) is 10.7. The molecule has 0 aromatic heterocycles. The van der Waals surface area contributed by atoms with Gasteiger partial charge in [0.25, 0.3) is 0 Å². The molecular weight excluding hydrogens is 357 g/mol. The molecule has 102 valence electrons. The average molecular weight is 379 g/mol. The van der Waals surface area contributed by atoms with Crippen LogP contribution in [-0.2, 0) is 6.54 Å². The van der Waals surface area contributed by atoms with E-state index < -0.39 is 0 Å². The van der Waals surface area contributed by atoms with Crippen LogP contribution in [0.2, 0.25) is 0 Å². The molecule has 0 atom stereocenters. The Labute approximate surface area is 131 Å². The van der Waals surface area contributed by atoms with Crippen LogP contribution in [0.4, 0.5) is 0 Å². The Bertz CT molecular complexity index is 369. The molecule has 0 spiro atoms. The third-order valence-corrected chi connectivity index (χ3v) is 3.14. The van der Waals surface area contributed by atoms with Crippen molar-refractivity contribution in [3.63, 3.8) is 0 Å². The molecule has 3 nitrogen and oxygen atoms in total. The lowest BCUT2D eigenvalue weighted by Crippen LogP contribution is -2.38. The van der Waals surface area contributed by atoms with Gasteiger partial charge in [0.2, 0.25) is 0 Å². The highest BCUT2D eigenvalue weighted by molar-refractivity contribution is 14.0. The summed E-state index contributed by atoms with van der Waals surface area (Å²) in [7, 11) is 1.80. The maximum atomic E-state index is 4.19. The predicted molar refractivity (Wildman–Crippen MR) is 93.2 cm³/mol. The lowest BCUT2D eigenvalue weighted by molar-refractivity contribution is 0.829. The largest absolute Gasteiger partial charge is 0.356 e. The zero-order chi connectivity index (χ0) is 12.5. The van der Waals surface area contributed by atoms with Crippen LogP contribution in [0, 0.1) is 6.92 Å². The molecule has 0 saturated heterocycles. The molecule has 0 fully saturated rings. The summed E-state index contributed by atoms with van der Waals surface area (Å²) in [5.41, 5.74) is 2.61. The van der Waals surface area contributed by atoms with E-state index in [2.05, 4.69) is 53.1 Å². The van der Waals surface area contributed by atoms with Gasteiger partial charge < -0.3 is 10.6 Å². The van der Waals surface area contributed by atoms with E-state index in [0.29, 0.717) is 0 Å². The van der Waals surface area contributed by atoms with E-state index in [0.717, 1.165) is 24.8 Å². The molecule has 1 aromatic rings. The minimum atomic E-state index is 0. The highest BCUT2D eigenvalue weighted by Crippen LogP contribution is 2.05. The Balaban J connectivity index is 0.00000289. The number of benzene rings is 1. The molecule has 0 heterocycles. The van der Waals surface area contributed by atoms with E-state index in [1.807, 2.05) is 11.8 Å². The summed E-state index contributed by atoms with van der Waals surface area (Å²) in [6.45, 7) is 3.88. The van der Waals surface area contributed by atoms with Crippen molar-refractivity contribution < 1.29 is 0 Å². The number of hydrogen-bond donors (Lipinski definition) is 2. The second kappa shape index (κ2) is 10.5. The third-order valence-electron chi connectivity index (χ3n) is 2.53. The number of nitrogens with zero attached hydrogens (tertiary/aromatic N) is 1. The third kappa shape index (κ3) is 6.49. The second-order valence-corrected chi connectivity index (χ2v) is 4.76. The van der Waals surface area contributed by atoms with Crippen molar-refractivity contribution in [2.45, 2.75) is 13.5 Å². The lowest BCUT2D eigenvalue weighted by Gasteiger charge is -2.12. The fourth-order valence-corrected chi connectivity index (χ4v) is 1.79. The van der Waals surface area contributed by atoms with Crippen LogP contribution in [0.5, 0.6) is 0 Å². The van der Waals surface area contributed by atoms with E-state index in [-0.39, 0.29) is 24.0 Å². The summed E-state index contributed by atoms with van der Waals surface area (Å²) < 4.78 is 0. The van der Waals surface area contributed by atoms with Crippen molar-refractivity contribution in [1.82, 2.24) is 10.6 Å². The van der Waals surface area contributed by atoms with Gasteiger partial charge in [-0.15, -0.1) is 24.0 Å². The predicted octanol–water partition coefficient (Wildman–Crippen LogP) is 2.64. The second-order valence-electron chi connectivity index (χ2n) is 3.77. The van der Waals surface area contributed by atoms with E-state index in [1.54, 1.807) is 7.05 Å². The van der Waals surface area contributed by atoms with Crippen LogP contribution in [0.25, 0.3) is 0 Å². The molecule has 0 aliphatic heterocycles. The first-order valence-corrected chi connectivity index (χ1v) is 7.15. The van der Waals surface area contributed by atoms with Crippen molar-refractivity contribution in [3.8, 4) is 0 Å². The maximum absolute atomic E-state index is 4.19. The van der Waals surface area contributed by atoms with Crippen molar-refractivity contribution in [2.24, 2.45) is 4.99 Å². The van der Waals surface area contributed by atoms with E-state index in [1.165, 1.54) is 11.1 Å². The number of halogens is 1. The van der Waals surface area contributed by atoms with Gasteiger partial charge in [-0.2, -0.15) is 11.8 Å². The van der Waals surface area contributed by atoms with E-state index in [4.69, 9.17) is 0 Å². The molecule has 5 heteroatoms. The SMILES string of the molecule is CN=C(NCCSC)NCc1ccccc1C.I. The van der Waals surface area contributed by atoms with Crippen LogP contribution < -0.4 is 10.6 Å². The van der Waals surface area contributed by atoms with Crippen LogP contribution in [0.3, 0.4) is 0 Å². The van der Waals surface area contributed by atoms with E-state index >= 15 is 0 Å². The highest BCUT2D eigenvalue weighted by atomic mass is 127. The number of guanidine groups is 1. The molecule has 1 aromatic carbocycles. The molecule has 0 unspecified atom stereocenters. The average Bonchev–Trinajstić information content (AvgIpc) is 2.35. The molecule has 2 N–H and O–H groups in total. The smallest absolute Gasteiger partial charge is 0.191 e. The summed E-state index contributed by atoms with van der Waals surface area (Å²) in [6.07, 6.45) is 2.10. The van der Waals surface area contributed by atoms with Crippen LogP contribution >= 0.6 is 35.7 Å². The van der Waals surface area contributed by atoms with Gasteiger partial charge in [-0.1, -0.05) is 24.3 Å². The monoisotopic (exact) mass is 379 g/mol. The summed E-state index contributed by atoms with van der Waals surface area (Å²) in [4.78, 5) is 4.19. The van der Waals surface area contributed by atoms with Crippen molar-refractivity contribution in [3.05, 3.63) is 35.4 Å². The minimum absolute atomic E-state index is 0. The Hall–Kier alpha value is -0.430. The van der Waals surface area contributed by atoms with Crippen LogP contribution in [0.15, 0.2) is 29.3 Å². The number of thioether (sulfide) groups is 1. The van der Waals surface area contributed by atoms with Gasteiger partial charge in [0, 0.05) is 25.9 Å². The fourth-order valence-electron chi connectivity index (χ4n) is 1.48. The topological polar surface area (TPSA) is 36.4 Å². The Morgan fingerprint density at radius 1 is 1.28 bits per heavy atom. The van der Waals surface area contributed by atoms with Gasteiger partial charge in [0.1, 0.15) is 0 Å². The highest BCUT2D eigenvalue weighted by Gasteiger charge is 1.99. The summed E-state index contributed by atoms with van der Waals surface area (Å²) >= 11 is 1.83. The summed E-state index contributed by atoms with van der Waals surface area (Å²) in [6, 6.07) is 8.39. The first kappa shape index (κ1) is 17.6. The van der Waals surface area contributed by atoms with Crippen LogP contribution in [-0.4, -0.2) is 31.6 Å². The standard InChI is InChI=1S/C13H21N3S.HI/c1-11-6-4-5-7-12(11)10-16-13(14-2)15-8-9-17-3;/h4-7H,8-10H2,1-3H3,(H2,14,15,16);1H. The Morgan fingerprint density at radius 2 is 2.00 bits per heavy atom. The van der Waals surface area contributed by atoms with Gasteiger partial charge in [-0.05, 0) is 24.3 Å². The Kier molecular flexibility index (Phi) is 10.2. The quantitative estimate of drug-likeness (QED) is 0.358. The summed E-state index contributed by atoms with van der Waals surface area (Å²) in [5, 5.41) is 6.59. The molecule has 0 saturated carbocycles. The molecule has 0 bridgehead atoms. The minimum Gasteiger partial charge on any atom is -0.356 e. The van der Waals surface area contributed by atoms with E-state index in [9.17, 15) is 0 Å². The van der Waals surface area contributed by atoms with Crippen LogP contribution in [0.1, 0.15) is 11.1 Å². The van der Waals surface area contributed by atoms with Gasteiger partial charge in [0.05, 0.1) is 0 Å². The van der Waals surface area contributed by atoms with Crippen molar-refractivity contribution in [1.29, 1.82) is 0 Å². The first-order valence-electron chi connectivity index (χ1n) is 5.76. The lowest BCUT2D eigenvalue weighted by atomic mass is 10.1. The maximum Gasteiger partial charge on any atom is 0.191 e. The van der Waals surface area contributed by atoms with Crippen molar-refractivity contribution in [2.75, 3.05) is 25.6 Å². The molecule has 0 radical (unpaired) electrons. The van der Waals surface area contributed by atoms with Gasteiger partial charge in [-0.3, -0.25) is 4.99 Å².